The predicted octanol–water partition coefficient (Wildman–Crippen LogP) is 2.82. The molecule has 2 N–H and O–H groups in total. The minimum atomic E-state index is -0.981. The Morgan fingerprint density at radius 2 is 1.95 bits per heavy atom. The van der Waals surface area contributed by atoms with Crippen LogP contribution in [0.2, 0.25) is 0 Å². The molecule has 1 amide bonds. The van der Waals surface area contributed by atoms with Crippen molar-refractivity contribution >= 4 is 17.6 Å². The average Bonchev–Trinajstić information content (AvgIpc) is 3.41. The van der Waals surface area contributed by atoms with Crippen LogP contribution in [0.15, 0.2) is 16.8 Å². The lowest BCUT2D eigenvalue weighted by molar-refractivity contribution is -0.152. The molecular weight excluding hydrogens is 472 g/mol. The van der Waals surface area contributed by atoms with Crippen LogP contribution in [0.25, 0.3) is 0 Å². The molecule has 5 aliphatic rings. The summed E-state index contributed by atoms with van der Waals surface area (Å²) in [6.45, 7) is 4.41. The third kappa shape index (κ3) is 4.10. The predicted molar refractivity (Wildman–Crippen MR) is 137 cm³/mol. The van der Waals surface area contributed by atoms with Gasteiger partial charge in [0.2, 0.25) is 0 Å². The van der Waals surface area contributed by atoms with Gasteiger partial charge >= 0.3 is 5.97 Å². The molecule has 4 fully saturated rings. The normalized spacial score (nSPS) is 43.8. The largest absolute Gasteiger partial charge is 0.467 e. The zero-order valence-electron chi connectivity index (χ0n) is 22.2. The molecule has 202 valence electrons. The van der Waals surface area contributed by atoms with E-state index in [0.717, 1.165) is 50.7 Å². The number of terminal acetylenes is 1. The van der Waals surface area contributed by atoms with Crippen molar-refractivity contribution < 1.29 is 29.4 Å². The van der Waals surface area contributed by atoms with E-state index in [-0.39, 0.29) is 36.3 Å². The number of hydrogen-bond donors (Lipinski definition) is 2. The van der Waals surface area contributed by atoms with Gasteiger partial charge in [0.1, 0.15) is 11.6 Å². The summed E-state index contributed by atoms with van der Waals surface area (Å²) in [6.07, 6.45) is 15.0. The SMILES string of the molecule is C#C[C@@]1(O)CC[C@@H]2[C@@H]3CCC4=C/C(=N/OCC(=O)N5C[C@H](O)C[C@H]5C(=O)OC)CC[C@]4(C)[C@@H]3CC[C@@]21C. The Morgan fingerprint density at radius 3 is 2.68 bits per heavy atom. The molecule has 1 heterocycles. The lowest BCUT2D eigenvalue weighted by Crippen LogP contribution is -2.54. The molecule has 0 aromatic carbocycles. The molecule has 1 aliphatic heterocycles. The summed E-state index contributed by atoms with van der Waals surface area (Å²) >= 11 is 0. The molecule has 1 saturated heterocycles. The zero-order valence-corrected chi connectivity index (χ0v) is 22.2. The van der Waals surface area contributed by atoms with E-state index in [1.807, 2.05) is 0 Å². The second-order valence-electron chi connectivity index (χ2n) is 12.3. The first-order valence-electron chi connectivity index (χ1n) is 13.7. The van der Waals surface area contributed by atoms with E-state index >= 15 is 0 Å². The maximum atomic E-state index is 12.7. The van der Waals surface area contributed by atoms with E-state index in [9.17, 15) is 19.8 Å². The number of oxime groups is 1. The molecule has 37 heavy (non-hydrogen) atoms. The van der Waals surface area contributed by atoms with Crippen LogP contribution < -0.4 is 0 Å². The maximum absolute atomic E-state index is 12.7. The van der Waals surface area contributed by atoms with E-state index in [1.54, 1.807) is 0 Å². The first-order valence-corrected chi connectivity index (χ1v) is 13.7. The minimum absolute atomic E-state index is 0.0856. The van der Waals surface area contributed by atoms with Crippen LogP contribution in [0.4, 0.5) is 0 Å². The van der Waals surface area contributed by atoms with Crippen LogP contribution in [0.5, 0.6) is 0 Å². The molecule has 8 nitrogen and oxygen atoms in total. The van der Waals surface area contributed by atoms with Gasteiger partial charge in [-0.25, -0.2) is 4.79 Å². The first kappa shape index (κ1) is 26.2. The number of allylic oxidation sites excluding steroid dienone is 2. The number of rotatable bonds is 4. The number of carbonyl (C=O) groups is 2. The number of β-amino-alcohol motifs (C(OH)–C–C–N with tert-alkyl or cyclic N) is 1. The van der Waals surface area contributed by atoms with Crippen molar-refractivity contribution in [1.29, 1.82) is 0 Å². The Balaban J connectivity index is 1.24. The molecule has 0 aromatic rings. The average molecular weight is 513 g/mol. The highest BCUT2D eigenvalue weighted by Crippen LogP contribution is 2.67. The summed E-state index contributed by atoms with van der Waals surface area (Å²) < 4.78 is 4.76. The summed E-state index contributed by atoms with van der Waals surface area (Å²) in [6, 6.07) is -0.787. The number of aliphatic hydroxyl groups is 2. The molecule has 0 aromatic heterocycles. The lowest BCUT2D eigenvalue weighted by atomic mass is 9.46. The summed E-state index contributed by atoms with van der Waals surface area (Å²) in [5, 5.41) is 25.4. The standard InChI is InChI=1S/C29H40N2O6/c1-5-29(35)13-10-23-21-7-6-18-14-19(8-11-27(18,2)22(21)9-12-28(23,29)3)30-37-17-25(33)31-16-20(32)15-24(31)26(34)36-4/h1,14,20-24,32,35H,6-13,15-17H2,2-4H3/b30-19+/t20-,21-,22-,23-,24+,27+,28+,29-/m1/s1. The van der Waals surface area contributed by atoms with Crippen LogP contribution in [0.3, 0.4) is 0 Å². The van der Waals surface area contributed by atoms with Crippen LogP contribution in [0.1, 0.15) is 71.6 Å². The Hall–Kier alpha value is -2.37. The van der Waals surface area contributed by atoms with Gasteiger partial charge in [-0.05, 0) is 80.6 Å². The molecule has 0 radical (unpaired) electrons. The molecule has 8 heteroatoms. The number of fused-ring (bicyclic) bond motifs is 5. The van der Waals surface area contributed by atoms with Gasteiger partial charge < -0.3 is 24.7 Å². The van der Waals surface area contributed by atoms with Crippen molar-refractivity contribution in [3.63, 3.8) is 0 Å². The summed E-state index contributed by atoms with van der Waals surface area (Å²) in [4.78, 5) is 31.4. The molecular formula is C29H40N2O6. The van der Waals surface area contributed by atoms with Gasteiger partial charge in [-0.3, -0.25) is 4.79 Å². The fourth-order valence-electron chi connectivity index (χ4n) is 8.60. The highest BCUT2D eigenvalue weighted by atomic mass is 16.6. The molecule has 0 unspecified atom stereocenters. The Bertz CT molecular complexity index is 1060. The number of amides is 1. The monoisotopic (exact) mass is 512 g/mol. The van der Waals surface area contributed by atoms with Gasteiger partial charge in [-0.2, -0.15) is 0 Å². The van der Waals surface area contributed by atoms with Crippen molar-refractivity contribution in [1.82, 2.24) is 4.90 Å². The van der Waals surface area contributed by atoms with Gasteiger partial charge in [-0.1, -0.05) is 30.5 Å². The third-order valence-electron chi connectivity index (χ3n) is 10.8. The fourth-order valence-corrected chi connectivity index (χ4v) is 8.60. The summed E-state index contributed by atoms with van der Waals surface area (Å²) in [5.74, 6) is 3.45. The third-order valence-corrected chi connectivity index (χ3v) is 10.8. The first-order chi connectivity index (χ1) is 17.6. The number of carbonyl (C=O) groups excluding carboxylic acids is 2. The van der Waals surface area contributed by atoms with Crippen molar-refractivity contribution in [3.05, 3.63) is 11.6 Å². The van der Waals surface area contributed by atoms with Crippen molar-refractivity contribution in [2.45, 2.75) is 89.4 Å². The number of aliphatic hydroxyl groups excluding tert-OH is 1. The van der Waals surface area contributed by atoms with Crippen LogP contribution >= 0.6 is 0 Å². The van der Waals surface area contributed by atoms with Crippen molar-refractivity contribution in [3.8, 4) is 12.3 Å². The Labute approximate surface area is 219 Å². The Morgan fingerprint density at radius 1 is 1.19 bits per heavy atom. The number of esters is 1. The van der Waals surface area contributed by atoms with E-state index in [4.69, 9.17) is 16.0 Å². The molecule has 3 saturated carbocycles. The van der Waals surface area contributed by atoms with Crippen molar-refractivity contribution in [2.24, 2.45) is 33.7 Å². The molecule has 4 aliphatic carbocycles. The van der Waals surface area contributed by atoms with Gasteiger partial charge in [0.25, 0.3) is 5.91 Å². The maximum Gasteiger partial charge on any atom is 0.328 e. The summed E-state index contributed by atoms with van der Waals surface area (Å²) in [5.41, 5.74) is 1.18. The quantitative estimate of drug-likeness (QED) is 0.341. The molecule has 0 spiro atoms. The number of ether oxygens (including phenoxy) is 1. The topological polar surface area (TPSA) is 109 Å². The van der Waals surface area contributed by atoms with E-state index in [0.29, 0.717) is 24.2 Å². The number of hydrogen-bond acceptors (Lipinski definition) is 7. The van der Waals surface area contributed by atoms with Gasteiger partial charge in [-0.15, -0.1) is 6.42 Å². The van der Waals surface area contributed by atoms with Crippen LogP contribution in [-0.2, 0) is 19.2 Å². The van der Waals surface area contributed by atoms with Crippen LogP contribution in [-0.4, -0.2) is 70.7 Å². The lowest BCUT2D eigenvalue weighted by Gasteiger charge is -2.58. The van der Waals surface area contributed by atoms with Gasteiger partial charge in [0.05, 0.1) is 18.9 Å². The second kappa shape index (κ2) is 9.43. The van der Waals surface area contributed by atoms with Crippen molar-refractivity contribution in [2.75, 3.05) is 20.3 Å². The molecule has 8 atom stereocenters. The highest BCUT2D eigenvalue weighted by molar-refractivity contribution is 5.96. The second-order valence-corrected chi connectivity index (χ2v) is 12.3. The summed E-state index contributed by atoms with van der Waals surface area (Å²) in [7, 11) is 1.27. The van der Waals surface area contributed by atoms with Gasteiger partial charge in [0.15, 0.2) is 6.61 Å². The Kier molecular flexibility index (Phi) is 6.69. The fraction of sp³-hybridized carbons (Fsp3) is 0.759. The van der Waals surface area contributed by atoms with E-state index in [1.165, 1.54) is 17.6 Å². The molecule has 0 bridgehead atoms. The number of likely N-dealkylation sites (tertiary alicyclic amines) is 1. The van der Waals surface area contributed by atoms with Gasteiger partial charge in [0, 0.05) is 18.4 Å². The smallest absolute Gasteiger partial charge is 0.328 e. The minimum Gasteiger partial charge on any atom is -0.467 e. The molecule has 5 rings (SSSR count). The highest BCUT2D eigenvalue weighted by Gasteiger charge is 2.63. The van der Waals surface area contributed by atoms with Crippen LogP contribution in [0, 0.1) is 40.9 Å². The van der Waals surface area contributed by atoms with E-state index < -0.39 is 23.7 Å². The zero-order chi connectivity index (χ0) is 26.6. The van der Waals surface area contributed by atoms with E-state index in [2.05, 4.69) is 31.0 Å². The number of nitrogens with zero attached hydrogens (tertiary/aromatic N) is 2. The number of methoxy groups -OCH3 is 1.